The minimum Gasteiger partial charge on any atom is -0.455 e. The molecule has 2 rings (SSSR count). The quantitative estimate of drug-likeness (QED) is 0.479. The standard InChI is InChI=1S/C7H3Cl2NO2/c8-4-1-3-5(10-6(4)9)2-12-7(3)11/h1H,2H2. The van der Waals surface area contributed by atoms with Gasteiger partial charge in [-0.3, -0.25) is 0 Å². The van der Waals surface area contributed by atoms with Gasteiger partial charge in [0.2, 0.25) is 0 Å². The molecule has 1 aliphatic rings. The van der Waals surface area contributed by atoms with Crippen molar-refractivity contribution in [2.45, 2.75) is 6.61 Å². The lowest BCUT2D eigenvalue weighted by atomic mass is 10.2. The van der Waals surface area contributed by atoms with Crippen LogP contribution >= 0.6 is 23.2 Å². The Morgan fingerprint density at radius 2 is 2.25 bits per heavy atom. The molecule has 12 heavy (non-hydrogen) atoms. The van der Waals surface area contributed by atoms with Gasteiger partial charge in [0.25, 0.3) is 0 Å². The Balaban J connectivity index is 2.63. The molecule has 0 aliphatic carbocycles. The van der Waals surface area contributed by atoms with Gasteiger partial charge in [0, 0.05) is 0 Å². The molecule has 2 heterocycles. The second-order valence-corrected chi connectivity index (χ2v) is 3.10. The third kappa shape index (κ3) is 1.06. The monoisotopic (exact) mass is 203 g/mol. The van der Waals surface area contributed by atoms with E-state index in [1.807, 2.05) is 0 Å². The number of fused-ring (bicyclic) bond motifs is 1. The van der Waals surface area contributed by atoms with Crippen molar-refractivity contribution in [2.75, 3.05) is 0 Å². The summed E-state index contributed by atoms with van der Waals surface area (Å²) in [4.78, 5) is 14.9. The first-order valence-electron chi connectivity index (χ1n) is 3.20. The van der Waals surface area contributed by atoms with Gasteiger partial charge in [-0.05, 0) is 6.07 Å². The topological polar surface area (TPSA) is 39.2 Å². The molecule has 0 atom stereocenters. The molecular formula is C7H3Cl2NO2. The van der Waals surface area contributed by atoms with Gasteiger partial charge < -0.3 is 4.74 Å². The number of carbonyl (C=O) groups is 1. The van der Waals surface area contributed by atoms with Gasteiger partial charge in [-0.25, -0.2) is 9.78 Å². The molecule has 1 aliphatic heterocycles. The number of cyclic esters (lactones) is 1. The van der Waals surface area contributed by atoms with E-state index in [9.17, 15) is 4.79 Å². The third-order valence-electron chi connectivity index (χ3n) is 1.57. The number of hydrogen-bond donors (Lipinski definition) is 0. The van der Waals surface area contributed by atoms with E-state index in [4.69, 9.17) is 27.9 Å². The zero-order valence-corrected chi connectivity index (χ0v) is 7.32. The van der Waals surface area contributed by atoms with Gasteiger partial charge >= 0.3 is 5.97 Å². The highest BCUT2D eigenvalue weighted by atomic mass is 35.5. The molecule has 0 spiro atoms. The van der Waals surface area contributed by atoms with E-state index in [1.165, 1.54) is 6.07 Å². The van der Waals surface area contributed by atoms with Crippen molar-refractivity contribution in [2.24, 2.45) is 0 Å². The lowest BCUT2D eigenvalue weighted by Gasteiger charge is -1.96. The van der Waals surface area contributed by atoms with E-state index in [0.29, 0.717) is 11.3 Å². The average molecular weight is 204 g/mol. The van der Waals surface area contributed by atoms with E-state index in [1.54, 1.807) is 0 Å². The smallest absolute Gasteiger partial charge is 0.340 e. The Hall–Kier alpha value is -0.800. The fourth-order valence-electron chi connectivity index (χ4n) is 1.00. The summed E-state index contributed by atoms with van der Waals surface area (Å²) >= 11 is 11.3. The summed E-state index contributed by atoms with van der Waals surface area (Å²) in [5.74, 6) is -0.393. The first kappa shape index (κ1) is 7.83. The third-order valence-corrected chi connectivity index (χ3v) is 2.25. The Morgan fingerprint density at radius 1 is 1.50 bits per heavy atom. The average Bonchev–Trinajstić information content (AvgIpc) is 2.35. The van der Waals surface area contributed by atoms with Crippen LogP contribution in [-0.4, -0.2) is 11.0 Å². The summed E-state index contributed by atoms with van der Waals surface area (Å²) in [5.41, 5.74) is 0.957. The van der Waals surface area contributed by atoms with Crippen LogP contribution in [0, 0.1) is 0 Å². The fourth-order valence-corrected chi connectivity index (χ4v) is 1.31. The molecule has 3 nitrogen and oxygen atoms in total. The molecule has 0 fully saturated rings. The van der Waals surface area contributed by atoms with Crippen molar-refractivity contribution in [1.29, 1.82) is 0 Å². The largest absolute Gasteiger partial charge is 0.455 e. The number of aromatic nitrogens is 1. The van der Waals surface area contributed by atoms with Gasteiger partial charge in [-0.1, -0.05) is 23.2 Å². The minimum absolute atomic E-state index is 0.186. The van der Waals surface area contributed by atoms with Crippen molar-refractivity contribution < 1.29 is 9.53 Å². The van der Waals surface area contributed by atoms with Crippen LogP contribution in [0.15, 0.2) is 6.07 Å². The zero-order chi connectivity index (χ0) is 8.72. The van der Waals surface area contributed by atoms with E-state index in [2.05, 4.69) is 4.98 Å². The molecule has 0 aromatic carbocycles. The Kier molecular flexibility index (Phi) is 1.70. The molecule has 0 unspecified atom stereocenters. The maximum Gasteiger partial charge on any atom is 0.340 e. The summed E-state index contributed by atoms with van der Waals surface area (Å²) in [7, 11) is 0. The minimum atomic E-state index is -0.393. The Bertz CT molecular complexity index is 365. The van der Waals surface area contributed by atoms with Gasteiger partial charge in [-0.2, -0.15) is 0 Å². The first-order valence-corrected chi connectivity index (χ1v) is 3.96. The van der Waals surface area contributed by atoms with Crippen molar-refractivity contribution in [3.63, 3.8) is 0 Å². The summed E-state index contributed by atoms with van der Waals surface area (Å²) in [6.45, 7) is 0.186. The van der Waals surface area contributed by atoms with Gasteiger partial charge in [0.15, 0.2) is 0 Å². The molecule has 0 bridgehead atoms. The predicted octanol–water partition coefficient (Wildman–Crippen LogP) is 2.06. The summed E-state index contributed by atoms with van der Waals surface area (Å²) in [5, 5.41) is 0.475. The van der Waals surface area contributed by atoms with Crippen molar-refractivity contribution >= 4 is 29.2 Å². The van der Waals surface area contributed by atoms with Crippen molar-refractivity contribution in [1.82, 2.24) is 4.98 Å². The van der Waals surface area contributed by atoms with Crippen LogP contribution in [0.4, 0.5) is 0 Å². The molecule has 62 valence electrons. The molecule has 5 heteroatoms. The summed E-state index contributed by atoms with van der Waals surface area (Å²) in [6, 6.07) is 1.47. The number of carbonyl (C=O) groups excluding carboxylic acids is 1. The fraction of sp³-hybridized carbons (Fsp3) is 0.143. The van der Waals surface area contributed by atoms with E-state index < -0.39 is 5.97 Å². The van der Waals surface area contributed by atoms with Crippen LogP contribution in [0.3, 0.4) is 0 Å². The van der Waals surface area contributed by atoms with Crippen LogP contribution in [0.25, 0.3) is 0 Å². The first-order chi connectivity index (χ1) is 5.68. The summed E-state index contributed by atoms with van der Waals surface area (Å²) < 4.78 is 4.71. The van der Waals surface area contributed by atoms with Crippen LogP contribution in [0.1, 0.15) is 16.1 Å². The molecular weight excluding hydrogens is 201 g/mol. The number of ether oxygens (including phenoxy) is 1. The van der Waals surface area contributed by atoms with E-state index in [0.717, 1.165) is 0 Å². The lowest BCUT2D eigenvalue weighted by Crippen LogP contribution is -1.94. The SMILES string of the molecule is O=C1OCc2nc(Cl)c(Cl)cc21. The molecule has 0 saturated carbocycles. The van der Waals surface area contributed by atoms with Crippen molar-refractivity contribution in [3.8, 4) is 0 Å². The number of nitrogens with zero attached hydrogens (tertiary/aromatic N) is 1. The van der Waals surface area contributed by atoms with Crippen LogP contribution in [-0.2, 0) is 11.3 Å². The highest BCUT2D eigenvalue weighted by Gasteiger charge is 2.23. The van der Waals surface area contributed by atoms with Gasteiger partial charge in [0.1, 0.15) is 11.8 Å². The molecule has 0 N–H and O–H groups in total. The second-order valence-electron chi connectivity index (χ2n) is 2.33. The number of esters is 1. The Labute approximate surface area is 78.3 Å². The van der Waals surface area contributed by atoms with E-state index >= 15 is 0 Å². The highest BCUT2D eigenvalue weighted by molar-refractivity contribution is 6.41. The molecule has 0 amide bonds. The van der Waals surface area contributed by atoms with Gasteiger partial charge in [0.05, 0.1) is 16.3 Å². The highest BCUT2D eigenvalue weighted by Crippen LogP contribution is 2.26. The van der Waals surface area contributed by atoms with Gasteiger partial charge in [-0.15, -0.1) is 0 Å². The maximum absolute atomic E-state index is 11.0. The summed E-state index contributed by atoms with van der Waals surface area (Å²) in [6.07, 6.45) is 0. The lowest BCUT2D eigenvalue weighted by molar-refractivity contribution is 0.0533. The molecule has 1 aromatic heterocycles. The normalized spacial score (nSPS) is 14.3. The molecule has 0 radical (unpaired) electrons. The van der Waals surface area contributed by atoms with Crippen LogP contribution in [0.5, 0.6) is 0 Å². The number of pyridine rings is 1. The number of hydrogen-bond acceptors (Lipinski definition) is 3. The molecule has 1 aromatic rings. The van der Waals surface area contributed by atoms with Crippen molar-refractivity contribution in [3.05, 3.63) is 27.5 Å². The Morgan fingerprint density at radius 3 is 3.00 bits per heavy atom. The second kappa shape index (κ2) is 2.61. The number of rotatable bonds is 0. The maximum atomic E-state index is 11.0. The molecule has 0 saturated heterocycles. The van der Waals surface area contributed by atoms with Crippen LogP contribution < -0.4 is 0 Å². The zero-order valence-electron chi connectivity index (χ0n) is 5.80. The predicted molar refractivity (Wildman–Crippen MR) is 43.4 cm³/mol. The number of halogens is 2. The van der Waals surface area contributed by atoms with E-state index in [-0.39, 0.29) is 16.8 Å². The van der Waals surface area contributed by atoms with Crippen LogP contribution in [0.2, 0.25) is 10.2 Å².